The van der Waals surface area contributed by atoms with Gasteiger partial charge in [0.15, 0.2) is 0 Å². The number of nitrogens with zero attached hydrogens (tertiary/aromatic N) is 2. The van der Waals surface area contributed by atoms with Crippen LogP contribution in [0.5, 0.6) is 0 Å². The second-order valence-electron chi connectivity index (χ2n) is 6.00. The molecule has 0 amide bonds. The third-order valence-corrected chi connectivity index (χ3v) is 3.38. The number of hydrogen-bond acceptors (Lipinski definition) is 3. The van der Waals surface area contributed by atoms with Crippen molar-refractivity contribution in [3.8, 4) is 0 Å². The molecule has 1 fully saturated rings. The Kier molecular flexibility index (Phi) is 3.30. The van der Waals surface area contributed by atoms with Crippen molar-refractivity contribution in [3.05, 3.63) is 17.0 Å². The molecule has 17 heavy (non-hydrogen) atoms. The van der Waals surface area contributed by atoms with Crippen LogP contribution in [0.1, 0.15) is 39.9 Å². The van der Waals surface area contributed by atoms with E-state index >= 15 is 0 Å². The smallest absolute Gasteiger partial charge is 0.137 e. The molecule has 3 nitrogen and oxygen atoms in total. The van der Waals surface area contributed by atoms with Crippen molar-refractivity contribution in [2.75, 3.05) is 11.9 Å². The van der Waals surface area contributed by atoms with Crippen LogP contribution in [-0.2, 0) is 5.41 Å². The van der Waals surface area contributed by atoms with Gasteiger partial charge < -0.3 is 5.32 Å². The fourth-order valence-corrected chi connectivity index (χ4v) is 1.95. The molecule has 1 heterocycles. The fourth-order valence-electron chi connectivity index (χ4n) is 1.76. The topological polar surface area (TPSA) is 37.8 Å². The van der Waals surface area contributed by atoms with Gasteiger partial charge in [-0.1, -0.05) is 39.3 Å². The Morgan fingerprint density at radius 3 is 2.59 bits per heavy atom. The maximum Gasteiger partial charge on any atom is 0.137 e. The van der Waals surface area contributed by atoms with Crippen LogP contribution in [0.3, 0.4) is 0 Å². The van der Waals surface area contributed by atoms with Crippen LogP contribution >= 0.6 is 11.6 Å². The van der Waals surface area contributed by atoms with E-state index in [1.54, 1.807) is 6.07 Å². The van der Waals surface area contributed by atoms with Crippen molar-refractivity contribution >= 4 is 17.4 Å². The Bertz CT molecular complexity index is 412. The summed E-state index contributed by atoms with van der Waals surface area (Å²) in [6, 6.07) is 1.80. The first-order valence-electron chi connectivity index (χ1n) is 6.15. The second-order valence-corrected chi connectivity index (χ2v) is 6.39. The van der Waals surface area contributed by atoms with Gasteiger partial charge in [0.05, 0.1) is 0 Å². The van der Waals surface area contributed by atoms with Crippen LogP contribution in [0, 0.1) is 11.8 Å². The summed E-state index contributed by atoms with van der Waals surface area (Å²) in [6.07, 6.45) is 1.32. The van der Waals surface area contributed by atoms with E-state index in [1.165, 1.54) is 6.42 Å². The van der Waals surface area contributed by atoms with Gasteiger partial charge >= 0.3 is 0 Å². The summed E-state index contributed by atoms with van der Waals surface area (Å²) < 4.78 is 0. The molecule has 4 heteroatoms. The van der Waals surface area contributed by atoms with Gasteiger partial charge in [-0.2, -0.15) is 0 Å². The number of nitrogens with one attached hydrogen (secondary N) is 1. The maximum atomic E-state index is 6.02. The van der Waals surface area contributed by atoms with Crippen molar-refractivity contribution in [1.82, 2.24) is 9.97 Å². The average Bonchev–Trinajstić information content (AvgIpc) is 2.90. The van der Waals surface area contributed by atoms with Gasteiger partial charge in [-0.05, 0) is 18.3 Å². The van der Waals surface area contributed by atoms with Crippen molar-refractivity contribution < 1.29 is 0 Å². The minimum Gasteiger partial charge on any atom is -0.370 e. The summed E-state index contributed by atoms with van der Waals surface area (Å²) in [5, 5.41) is 3.87. The molecule has 2 rings (SSSR count). The van der Waals surface area contributed by atoms with E-state index in [-0.39, 0.29) is 5.41 Å². The molecular weight excluding hydrogens is 234 g/mol. The van der Waals surface area contributed by atoms with Crippen molar-refractivity contribution in [3.63, 3.8) is 0 Å². The number of aromatic nitrogens is 2. The van der Waals surface area contributed by atoms with Gasteiger partial charge in [0.25, 0.3) is 0 Å². The summed E-state index contributed by atoms with van der Waals surface area (Å²) >= 11 is 6.02. The molecule has 2 atom stereocenters. The van der Waals surface area contributed by atoms with E-state index in [1.807, 2.05) is 0 Å². The lowest BCUT2D eigenvalue weighted by molar-refractivity contribution is 0.545. The van der Waals surface area contributed by atoms with Gasteiger partial charge in [-0.15, -0.1) is 0 Å². The van der Waals surface area contributed by atoms with Crippen molar-refractivity contribution in [2.24, 2.45) is 11.8 Å². The molecule has 0 aliphatic heterocycles. The van der Waals surface area contributed by atoms with E-state index in [2.05, 4.69) is 43.0 Å². The maximum absolute atomic E-state index is 6.02. The fraction of sp³-hybridized carbons (Fsp3) is 0.692. The third kappa shape index (κ3) is 3.32. The minimum absolute atomic E-state index is 0.0752. The standard InChI is InChI=1S/C13H20ClN3/c1-8-5-9(8)7-15-11-6-10(14)16-12(17-11)13(2,3)4/h6,8-9H,5,7H2,1-4H3,(H,15,16,17). The highest BCUT2D eigenvalue weighted by molar-refractivity contribution is 6.29. The first kappa shape index (κ1) is 12.6. The Hall–Kier alpha value is -0.830. The van der Waals surface area contributed by atoms with Crippen molar-refractivity contribution in [1.29, 1.82) is 0 Å². The minimum atomic E-state index is -0.0752. The number of anilines is 1. The summed E-state index contributed by atoms with van der Waals surface area (Å²) in [6.45, 7) is 9.53. The van der Waals surface area contributed by atoms with Gasteiger partial charge in [-0.3, -0.25) is 0 Å². The molecule has 0 aromatic carbocycles. The predicted molar refractivity (Wildman–Crippen MR) is 71.5 cm³/mol. The zero-order valence-electron chi connectivity index (χ0n) is 10.9. The number of halogens is 1. The van der Waals surface area contributed by atoms with E-state index in [9.17, 15) is 0 Å². The van der Waals surface area contributed by atoms with Gasteiger partial charge in [0.1, 0.15) is 16.8 Å². The average molecular weight is 254 g/mol. The molecule has 0 radical (unpaired) electrons. The first-order valence-corrected chi connectivity index (χ1v) is 6.53. The summed E-state index contributed by atoms with van der Waals surface area (Å²) in [7, 11) is 0. The zero-order chi connectivity index (χ0) is 12.6. The Labute approximate surface area is 108 Å². The molecule has 1 N–H and O–H groups in total. The van der Waals surface area contributed by atoms with Crippen LogP contribution in [0.15, 0.2) is 6.07 Å². The van der Waals surface area contributed by atoms with Crippen LogP contribution in [-0.4, -0.2) is 16.5 Å². The lowest BCUT2D eigenvalue weighted by Gasteiger charge is -2.17. The molecular formula is C13H20ClN3. The molecule has 0 bridgehead atoms. The van der Waals surface area contributed by atoms with Gasteiger partial charge in [-0.25, -0.2) is 9.97 Å². The van der Waals surface area contributed by atoms with Gasteiger partial charge in [0, 0.05) is 18.0 Å². The first-order chi connectivity index (χ1) is 7.86. The lowest BCUT2D eigenvalue weighted by Crippen LogP contribution is -2.17. The van der Waals surface area contributed by atoms with E-state index in [0.29, 0.717) is 5.15 Å². The monoisotopic (exact) mass is 253 g/mol. The number of rotatable bonds is 3. The van der Waals surface area contributed by atoms with E-state index in [0.717, 1.165) is 30.0 Å². The highest BCUT2D eigenvalue weighted by Gasteiger charge is 2.32. The summed E-state index contributed by atoms with van der Waals surface area (Å²) in [5.41, 5.74) is -0.0752. The molecule has 0 spiro atoms. The molecule has 1 saturated carbocycles. The van der Waals surface area contributed by atoms with Crippen LogP contribution in [0.2, 0.25) is 5.15 Å². The molecule has 1 aliphatic carbocycles. The van der Waals surface area contributed by atoms with E-state index < -0.39 is 0 Å². The second kappa shape index (κ2) is 4.45. The molecule has 1 aromatic heterocycles. The third-order valence-electron chi connectivity index (χ3n) is 3.19. The zero-order valence-corrected chi connectivity index (χ0v) is 11.7. The molecule has 1 aromatic rings. The SMILES string of the molecule is CC1CC1CNc1cc(Cl)nc(C(C)(C)C)n1. The Morgan fingerprint density at radius 2 is 2.06 bits per heavy atom. The normalized spacial score (nSPS) is 23.6. The molecule has 2 unspecified atom stereocenters. The van der Waals surface area contributed by atoms with Crippen LogP contribution in [0.25, 0.3) is 0 Å². The Morgan fingerprint density at radius 1 is 1.41 bits per heavy atom. The quantitative estimate of drug-likeness (QED) is 0.838. The number of hydrogen-bond donors (Lipinski definition) is 1. The highest BCUT2D eigenvalue weighted by Crippen LogP contribution is 2.37. The van der Waals surface area contributed by atoms with Gasteiger partial charge in [0.2, 0.25) is 0 Å². The summed E-state index contributed by atoms with van der Waals surface area (Å²) in [4.78, 5) is 8.80. The highest BCUT2D eigenvalue weighted by atomic mass is 35.5. The Balaban J connectivity index is 2.08. The molecule has 0 saturated heterocycles. The van der Waals surface area contributed by atoms with Crippen LogP contribution < -0.4 is 5.32 Å². The molecule has 1 aliphatic rings. The largest absolute Gasteiger partial charge is 0.370 e. The van der Waals surface area contributed by atoms with Crippen LogP contribution in [0.4, 0.5) is 5.82 Å². The lowest BCUT2D eigenvalue weighted by atomic mass is 9.96. The molecule has 94 valence electrons. The van der Waals surface area contributed by atoms with E-state index in [4.69, 9.17) is 11.6 Å². The summed E-state index contributed by atoms with van der Waals surface area (Å²) in [5.74, 6) is 3.27. The van der Waals surface area contributed by atoms with Crippen molar-refractivity contribution in [2.45, 2.75) is 39.5 Å². The predicted octanol–water partition coefficient (Wildman–Crippen LogP) is 3.50.